The maximum Gasteiger partial charge on any atom is 0.241 e. The molecule has 1 N–H and O–H groups in total. The van der Waals surface area contributed by atoms with Crippen LogP contribution in [0.4, 0.5) is 0 Å². The fourth-order valence-corrected chi connectivity index (χ4v) is 3.97. The minimum absolute atomic E-state index is 0.0226. The Kier molecular flexibility index (Phi) is 5.67. The molecule has 0 saturated carbocycles. The first-order valence-electron chi connectivity index (χ1n) is 8.83. The second kappa shape index (κ2) is 7.96. The van der Waals surface area contributed by atoms with Crippen molar-refractivity contribution in [3.05, 3.63) is 71.0 Å². The number of ether oxygens (including phenoxy) is 1. The van der Waals surface area contributed by atoms with Gasteiger partial charge in [0.2, 0.25) is 5.91 Å². The van der Waals surface area contributed by atoms with Gasteiger partial charge in [-0.1, -0.05) is 43.5 Å². The van der Waals surface area contributed by atoms with Gasteiger partial charge in [-0.25, -0.2) is 0 Å². The predicted octanol–water partition coefficient (Wildman–Crippen LogP) is 3.90. The van der Waals surface area contributed by atoms with Gasteiger partial charge >= 0.3 is 0 Å². The molecule has 0 unspecified atom stereocenters. The molecular formula is C21H24N2O2S. The normalized spacial score (nSPS) is 19.5. The molecule has 136 valence electrons. The summed E-state index contributed by atoms with van der Waals surface area (Å²) in [6.45, 7) is 8.49. The van der Waals surface area contributed by atoms with E-state index in [0.717, 1.165) is 34.9 Å². The lowest BCUT2D eigenvalue weighted by Gasteiger charge is -2.19. The van der Waals surface area contributed by atoms with Gasteiger partial charge in [-0.05, 0) is 49.1 Å². The Labute approximate surface area is 159 Å². The van der Waals surface area contributed by atoms with Crippen LogP contribution in [0.3, 0.4) is 0 Å². The third-order valence-corrected chi connectivity index (χ3v) is 5.60. The van der Waals surface area contributed by atoms with Gasteiger partial charge in [-0.3, -0.25) is 9.78 Å². The molecule has 26 heavy (non-hydrogen) atoms. The molecule has 5 heteroatoms. The van der Waals surface area contributed by atoms with Crippen LogP contribution >= 0.6 is 11.8 Å². The molecule has 1 atom stereocenters. The van der Waals surface area contributed by atoms with E-state index in [9.17, 15) is 4.79 Å². The molecule has 1 fully saturated rings. The van der Waals surface area contributed by atoms with E-state index in [1.54, 1.807) is 0 Å². The van der Waals surface area contributed by atoms with Crippen molar-refractivity contribution in [3.63, 3.8) is 0 Å². The Morgan fingerprint density at radius 3 is 2.50 bits per heavy atom. The molecule has 1 aliphatic rings. The minimum Gasteiger partial charge on any atom is -0.493 e. The number of nitrogens with zero attached hydrogens (tertiary/aromatic N) is 1. The van der Waals surface area contributed by atoms with E-state index < -0.39 is 4.75 Å². The third-order valence-electron chi connectivity index (χ3n) is 4.47. The van der Waals surface area contributed by atoms with E-state index in [2.05, 4.69) is 35.9 Å². The first-order valence-corrected chi connectivity index (χ1v) is 9.65. The van der Waals surface area contributed by atoms with Crippen molar-refractivity contribution in [2.75, 3.05) is 6.61 Å². The molecule has 0 aliphatic carbocycles. The van der Waals surface area contributed by atoms with Crippen LogP contribution in [0.15, 0.2) is 54.2 Å². The van der Waals surface area contributed by atoms with Crippen LogP contribution in [-0.2, 0) is 24.1 Å². The number of amides is 1. The summed E-state index contributed by atoms with van der Waals surface area (Å²) < 4.78 is 5.33. The van der Waals surface area contributed by atoms with Crippen LogP contribution in [0.5, 0.6) is 5.75 Å². The Morgan fingerprint density at radius 2 is 1.92 bits per heavy atom. The van der Waals surface area contributed by atoms with Gasteiger partial charge in [0.05, 0.1) is 11.6 Å². The van der Waals surface area contributed by atoms with Gasteiger partial charge in [-0.15, -0.1) is 0 Å². The summed E-state index contributed by atoms with van der Waals surface area (Å²) in [6, 6.07) is 12.1. The molecule has 1 aliphatic heterocycles. The molecule has 4 nitrogen and oxygen atoms in total. The second-order valence-electron chi connectivity index (χ2n) is 6.64. The number of hydrogen-bond acceptors (Lipinski definition) is 4. The first-order chi connectivity index (χ1) is 12.5. The average molecular weight is 369 g/mol. The topological polar surface area (TPSA) is 51.2 Å². The zero-order valence-corrected chi connectivity index (χ0v) is 16.1. The number of carbonyl (C=O) groups is 1. The molecule has 1 aromatic heterocycles. The number of rotatable bonds is 7. The van der Waals surface area contributed by atoms with E-state index in [1.807, 2.05) is 37.4 Å². The van der Waals surface area contributed by atoms with E-state index >= 15 is 0 Å². The van der Waals surface area contributed by atoms with Crippen LogP contribution < -0.4 is 10.1 Å². The van der Waals surface area contributed by atoms with Crippen molar-refractivity contribution in [2.24, 2.45) is 0 Å². The fourth-order valence-electron chi connectivity index (χ4n) is 2.90. The van der Waals surface area contributed by atoms with E-state index in [0.29, 0.717) is 13.0 Å². The number of carbonyl (C=O) groups excluding carboxylic acids is 1. The largest absolute Gasteiger partial charge is 0.493 e. The summed E-state index contributed by atoms with van der Waals surface area (Å²) in [4.78, 5) is 16.5. The van der Waals surface area contributed by atoms with Crippen molar-refractivity contribution < 1.29 is 9.53 Å². The van der Waals surface area contributed by atoms with Crippen molar-refractivity contribution in [3.8, 4) is 5.75 Å². The van der Waals surface area contributed by atoms with Crippen molar-refractivity contribution >= 4 is 17.7 Å². The van der Waals surface area contributed by atoms with Crippen LogP contribution in [-0.4, -0.2) is 22.2 Å². The van der Waals surface area contributed by atoms with Crippen LogP contribution in [0.25, 0.3) is 0 Å². The van der Waals surface area contributed by atoms with E-state index in [1.165, 1.54) is 17.3 Å². The van der Waals surface area contributed by atoms with Gasteiger partial charge in [-0.2, -0.15) is 0 Å². The standard InChI is InChI=1S/C21H24N2O2S/c1-4-16-5-8-18(22-14-16)11-12-25-19-9-6-17(7-10-19)13-21(3)20(24)23-15(2)26-21/h5-10,14H,2,4,11-13H2,1,3H3,(H,23,24)/t21-/m1/s1. The Bertz CT molecular complexity index is 787. The maximum atomic E-state index is 12.1. The number of benzene rings is 1. The van der Waals surface area contributed by atoms with Crippen molar-refractivity contribution in [1.29, 1.82) is 0 Å². The molecule has 1 aromatic carbocycles. The number of nitrogens with one attached hydrogen (secondary N) is 1. The first kappa shape index (κ1) is 18.5. The predicted molar refractivity (Wildman–Crippen MR) is 106 cm³/mol. The van der Waals surface area contributed by atoms with Crippen molar-refractivity contribution in [1.82, 2.24) is 10.3 Å². The SMILES string of the molecule is C=C1NC(=O)[C@@](C)(Cc2ccc(OCCc3ccc(CC)cn3)cc2)S1. The summed E-state index contributed by atoms with van der Waals surface area (Å²) in [5, 5.41) is 3.51. The Hall–Kier alpha value is -2.27. The van der Waals surface area contributed by atoms with Gasteiger partial charge in [0.1, 0.15) is 10.5 Å². The summed E-state index contributed by atoms with van der Waals surface area (Å²) in [6.07, 6.45) is 4.37. The minimum atomic E-state index is -0.490. The second-order valence-corrected chi connectivity index (χ2v) is 8.24. The highest BCUT2D eigenvalue weighted by molar-refractivity contribution is 8.05. The molecular weight excluding hydrogens is 344 g/mol. The highest BCUT2D eigenvalue weighted by Gasteiger charge is 2.40. The van der Waals surface area contributed by atoms with Gasteiger partial charge < -0.3 is 10.1 Å². The molecule has 3 rings (SSSR count). The number of aromatic nitrogens is 1. The number of hydrogen-bond donors (Lipinski definition) is 1. The van der Waals surface area contributed by atoms with Crippen LogP contribution in [0.1, 0.15) is 30.7 Å². The van der Waals surface area contributed by atoms with E-state index in [-0.39, 0.29) is 5.91 Å². The van der Waals surface area contributed by atoms with Crippen molar-refractivity contribution in [2.45, 2.75) is 37.9 Å². The smallest absolute Gasteiger partial charge is 0.241 e. The molecule has 2 heterocycles. The highest BCUT2D eigenvalue weighted by atomic mass is 32.2. The van der Waals surface area contributed by atoms with E-state index in [4.69, 9.17) is 4.74 Å². The monoisotopic (exact) mass is 368 g/mol. The summed E-state index contributed by atoms with van der Waals surface area (Å²) in [5.74, 6) is 0.853. The molecule has 0 radical (unpaired) electrons. The van der Waals surface area contributed by atoms with Gasteiger partial charge in [0.25, 0.3) is 0 Å². The van der Waals surface area contributed by atoms with Crippen LogP contribution in [0, 0.1) is 0 Å². The Balaban J connectivity index is 1.51. The summed E-state index contributed by atoms with van der Waals surface area (Å²) in [5.41, 5.74) is 3.39. The lowest BCUT2D eigenvalue weighted by Crippen LogP contribution is -2.35. The molecule has 0 spiro atoms. The summed E-state index contributed by atoms with van der Waals surface area (Å²) >= 11 is 1.50. The zero-order chi connectivity index (χ0) is 18.6. The molecule has 0 bridgehead atoms. The quantitative estimate of drug-likeness (QED) is 0.805. The molecule has 1 saturated heterocycles. The number of pyridine rings is 1. The lowest BCUT2D eigenvalue weighted by atomic mass is 9.99. The highest BCUT2D eigenvalue weighted by Crippen LogP contribution is 2.38. The fraction of sp³-hybridized carbons (Fsp3) is 0.333. The molecule has 2 aromatic rings. The molecule has 1 amide bonds. The van der Waals surface area contributed by atoms with Crippen LogP contribution in [0.2, 0.25) is 0 Å². The zero-order valence-electron chi connectivity index (χ0n) is 15.2. The lowest BCUT2D eigenvalue weighted by molar-refractivity contribution is -0.121. The third kappa shape index (κ3) is 4.47. The number of aryl methyl sites for hydroxylation is 1. The average Bonchev–Trinajstić information content (AvgIpc) is 2.88. The van der Waals surface area contributed by atoms with Gasteiger partial charge in [0, 0.05) is 18.3 Å². The number of thioether (sulfide) groups is 1. The Morgan fingerprint density at radius 1 is 1.19 bits per heavy atom. The maximum absolute atomic E-state index is 12.1. The van der Waals surface area contributed by atoms with Gasteiger partial charge in [0.15, 0.2) is 0 Å². The summed E-state index contributed by atoms with van der Waals surface area (Å²) in [7, 11) is 0.